The lowest BCUT2D eigenvalue weighted by Gasteiger charge is -2.05. The van der Waals surface area contributed by atoms with Gasteiger partial charge in [-0.25, -0.2) is 4.79 Å². The van der Waals surface area contributed by atoms with Gasteiger partial charge < -0.3 is 19.5 Å². The summed E-state index contributed by atoms with van der Waals surface area (Å²) in [5.41, 5.74) is -0.412. The van der Waals surface area contributed by atoms with E-state index >= 15 is 0 Å². The predicted octanol–water partition coefficient (Wildman–Crippen LogP) is -0.445. The Morgan fingerprint density at radius 2 is 2.19 bits per heavy atom. The van der Waals surface area contributed by atoms with Crippen LogP contribution in [0.25, 0.3) is 0 Å². The van der Waals surface area contributed by atoms with E-state index < -0.39 is 5.97 Å². The Kier molecular flexibility index (Phi) is 4.68. The molecule has 0 radical (unpaired) electrons. The van der Waals surface area contributed by atoms with Gasteiger partial charge in [0.05, 0.1) is 25.4 Å². The molecule has 0 aliphatic heterocycles. The van der Waals surface area contributed by atoms with Crippen molar-refractivity contribution >= 4 is 5.97 Å². The molecule has 0 spiro atoms. The second-order valence-corrected chi connectivity index (χ2v) is 3.09. The maximum atomic E-state index is 11.4. The second kappa shape index (κ2) is 6.04. The van der Waals surface area contributed by atoms with Crippen LogP contribution in [0.3, 0.4) is 0 Å². The molecule has 2 N–H and O–H groups in total. The monoisotopic (exact) mass is 227 g/mol. The van der Waals surface area contributed by atoms with Crippen LogP contribution in [0.1, 0.15) is 10.4 Å². The number of aliphatic hydroxyl groups excluding tert-OH is 1. The highest BCUT2D eigenvalue weighted by Gasteiger charge is 2.04. The van der Waals surface area contributed by atoms with E-state index in [1.54, 1.807) is 0 Å². The molecule has 88 valence electrons. The molecule has 0 unspecified atom stereocenters. The van der Waals surface area contributed by atoms with Crippen LogP contribution in [0, 0.1) is 0 Å². The highest BCUT2D eigenvalue weighted by Crippen LogP contribution is 1.94. The SMILES string of the molecule is O=C(O)c1ccn(CCOCCO)c(=O)c1. The molecule has 0 atom stereocenters. The Hall–Kier alpha value is -1.66. The molecule has 1 heterocycles. The number of carbonyl (C=O) groups is 1. The lowest BCUT2D eigenvalue weighted by molar-refractivity contribution is 0.0696. The lowest BCUT2D eigenvalue weighted by Crippen LogP contribution is -2.22. The number of hydrogen-bond donors (Lipinski definition) is 2. The van der Waals surface area contributed by atoms with Gasteiger partial charge in [-0.3, -0.25) is 4.79 Å². The Labute approximate surface area is 91.7 Å². The van der Waals surface area contributed by atoms with Crippen LogP contribution in [0.15, 0.2) is 23.1 Å². The molecule has 6 nitrogen and oxygen atoms in total. The summed E-state index contributed by atoms with van der Waals surface area (Å²) in [6.45, 7) is 0.792. The van der Waals surface area contributed by atoms with Crippen molar-refractivity contribution in [2.75, 3.05) is 19.8 Å². The van der Waals surface area contributed by atoms with Crippen molar-refractivity contribution in [1.82, 2.24) is 4.57 Å². The smallest absolute Gasteiger partial charge is 0.335 e. The minimum absolute atomic E-state index is 0.0301. The Balaban J connectivity index is 2.61. The van der Waals surface area contributed by atoms with E-state index in [1.807, 2.05) is 0 Å². The van der Waals surface area contributed by atoms with Crippen LogP contribution in [-0.2, 0) is 11.3 Å². The Morgan fingerprint density at radius 3 is 2.75 bits per heavy atom. The fraction of sp³-hybridized carbons (Fsp3) is 0.400. The molecule has 16 heavy (non-hydrogen) atoms. The van der Waals surface area contributed by atoms with Crippen molar-refractivity contribution in [3.8, 4) is 0 Å². The second-order valence-electron chi connectivity index (χ2n) is 3.09. The van der Waals surface area contributed by atoms with Crippen molar-refractivity contribution in [3.63, 3.8) is 0 Å². The van der Waals surface area contributed by atoms with Gasteiger partial charge in [0.2, 0.25) is 0 Å². The van der Waals surface area contributed by atoms with Gasteiger partial charge in [-0.2, -0.15) is 0 Å². The number of ether oxygens (including phenoxy) is 1. The zero-order chi connectivity index (χ0) is 12.0. The maximum absolute atomic E-state index is 11.4. The third kappa shape index (κ3) is 3.48. The number of aliphatic hydroxyl groups is 1. The number of aromatic carboxylic acids is 1. The fourth-order valence-electron chi connectivity index (χ4n) is 1.16. The first-order valence-electron chi connectivity index (χ1n) is 4.77. The minimum Gasteiger partial charge on any atom is -0.478 e. The van der Waals surface area contributed by atoms with Crippen LogP contribution in [0.2, 0.25) is 0 Å². The van der Waals surface area contributed by atoms with Gasteiger partial charge in [0.1, 0.15) is 0 Å². The van der Waals surface area contributed by atoms with Gasteiger partial charge >= 0.3 is 5.97 Å². The predicted molar refractivity (Wildman–Crippen MR) is 55.6 cm³/mol. The summed E-state index contributed by atoms with van der Waals surface area (Å²) in [6.07, 6.45) is 1.41. The van der Waals surface area contributed by atoms with Crippen LogP contribution < -0.4 is 5.56 Å². The van der Waals surface area contributed by atoms with Gasteiger partial charge in [-0.05, 0) is 6.07 Å². The van der Waals surface area contributed by atoms with Crippen molar-refractivity contribution < 1.29 is 19.7 Å². The van der Waals surface area contributed by atoms with E-state index in [1.165, 1.54) is 16.8 Å². The molecule has 0 saturated carbocycles. The number of carboxylic acid groups (broad SMARTS) is 1. The van der Waals surface area contributed by atoms with E-state index in [9.17, 15) is 9.59 Å². The van der Waals surface area contributed by atoms with Gasteiger partial charge in [0.15, 0.2) is 0 Å². The van der Waals surface area contributed by atoms with E-state index in [0.717, 1.165) is 6.07 Å². The number of pyridine rings is 1. The first-order valence-corrected chi connectivity index (χ1v) is 4.77. The van der Waals surface area contributed by atoms with E-state index in [2.05, 4.69) is 0 Å². The van der Waals surface area contributed by atoms with Crippen LogP contribution in [-0.4, -0.2) is 40.6 Å². The normalized spacial score (nSPS) is 10.3. The molecule has 1 rings (SSSR count). The molecule has 0 aliphatic rings. The maximum Gasteiger partial charge on any atom is 0.335 e. The third-order valence-corrected chi connectivity index (χ3v) is 1.96. The molecule has 0 amide bonds. The average Bonchev–Trinajstić information content (AvgIpc) is 2.26. The quantitative estimate of drug-likeness (QED) is 0.643. The average molecular weight is 227 g/mol. The largest absolute Gasteiger partial charge is 0.478 e. The fourth-order valence-corrected chi connectivity index (χ4v) is 1.16. The van der Waals surface area contributed by atoms with Gasteiger partial charge in [0.25, 0.3) is 5.56 Å². The molecule has 0 bridgehead atoms. The molecule has 0 saturated heterocycles. The topological polar surface area (TPSA) is 88.8 Å². The molecule has 0 fully saturated rings. The molecule has 1 aromatic heterocycles. The van der Waals surface area contributed by atoms with Crippen LogP contribution in [0.5, 0.6) is 0 Å². The Morgan fingerprint density at radius 1 is 1.44 bits per heavy atom. The molecular formula is C10H13NO5. The van der Waals surface area contributed by atoms with Crippen LogP contribution in [0.4, 0.5) is 0 Å². The van der Waals surface area contributed by atoms with Crippen LogP contribution >= 0.6 is 0 Å². The van der Waals surface area contributed by atoms with Crippen molar-refractivity contribution in [2.24, 2.45) is 0 Å². The number of rotatable bonds is 6. The molecule has 0 aromatic carbocycles. The van der Waals surface area contributed by atoms with Crippen molar-refractivity contribution in [2.45, 2.75) is 6.54 Å². The summed E-state index contributed by atoms with van der Waals surface area (Å²) in [7, 11) is 0. The number of carboxylic acids is 1. The van der Waals surface area contributed by atoms with E-state index in [-0.39, 0.29) is 24.3 Å². The zero-order valence-corrected chi connectivity index (χ0v) is 8.63. The summed E-state index contributed by atoms with van der Waals surface area (Å²) < 4.78 is 6.34. The number of hydrogen-bond acceptors (Lipinski definition) is 4. The first-order chi connectivity index (χ1) is 7.65. The van der Waals surface area contributed by atoms with Gasteiger partial charge in [-0.1, -0.05) is 0 Å². The summed E-state index contributed by atoms with van der Waals surface area (Å²) in [5, 5.41) is 17.1. The van der Waals surface area contributed by atoms with E-state index in [0.29, 0.717) is 13.2 Å². The lowest BCUT2D eigenvalue weighted by atomic mass is 10.3. The summed E-state index contributed by atoms with van der Waals surface area (Å²) in [6, 6.07) is 2.42. The molecule has 1 aromatic rings. The minimum atomic E-state index is -1.12. The number of aromatic nitrogens is 1. The van der Waals surface area contributed by atoms with Gasteiger partial charge in [-0.15, -0.1) is 0 Å². The summed E-state index contributed by atoms with van der Waals surface area (Å²) in [5.74, 6) is -1.12. The molecule has 6 heteroatoms. The standard InChI is InChI=1S/C10H13NO5/c12-4-6-16-5-3-11-2-1-8(10(14)15)7-9(11)13/h1-2,7,12H,3-6H2,(H,14,15). The molecular weight excluding hydrogens is 214 g/mol. The van der Waals surface area contributed by atoms with Crippen molar-refractivity contribution in [1.29, 1.82) is 0 Å². The third-order valence-electron chi connectivity index (χ3n) is 1.96. The van der Waals surface area contributed by atoms with Crippen molar-refractivity contribution in [3.05, 3.63) is 34.2 Å². The summed E-state index contributed by atoms with van der Waals surface area (Å²) in [4.78, 5) is 22.0. The zero-order valence-electron chi connectivity index (χ0n) is 8.63. The van der Waals surface area contributed by atoms with E-state index in [4.69, 9.17) is 14.9 Å². The number of nitrogens with zero attached hydrogens (tertiary/aromatic N) is 1. The molecule has 0 aliphatic carbocycles. The summed E-state index contributed by atoms with van der Waals surface area (Å²) >= 11 is 0. The first kappa shape index (κ1) is 12.4. The Bertz CT molecular complexity index is 412. The van der Waals surface area contributed by atoms with Gasteiger partial charge in [0, 0.05) is 18.8 Å². The highest BCUT2D eigenvalue weighted by atomic mass is 16.5. The highest BCUT2D eigenvalue weighted by molar-refractivity contribution is 5.87.